The number of fused-ring (bicyclic) bond motifs is 1. The number of benzene rings is 1. The first-order chi connectivity index (χ1) is 8.76. The summed E-state index contributed by atoms with van der Waals surface area (Å²) < 4.78 is 10.5. The third-order valence-electron chi connectivity index (χ3n) is 3.21. The van der Waals surface area contributed by atoms with E-state index in [0.29, 0.717) is 17.1 Å². The van der Waals surface area contributed by atoms with E-state index in [2.05, 4.69) is 5.32 Å². The lowest BCUT2D eigenvalue weighted by atomic mass is 9.47. The van der Waals surface area contributed by atoms with Gasteiger partial charge < -0.3 is 14.8 Å². The van der Waals surface area contributed by atoms with Gasteiger partial charge in [0.15, 0.2) is 32.8 Å². The molecule has 0 amide bonds. The van der Waals surface area contributed by atoms with E-state index in [1.54, 1.807) is 18.2 Å². The van der Waals surface area contributed by atoms with Crippen LogP contribution in [0.4, 0.5) is 0 Å². The monoisotopic (exact) mass is 247 g/mol. The van der Waals surface area contributed by atoms with Gasteiger partial charge in [-0.1, -0.05) is 30.7 Å². The predicted molar refractivity (Wildman–Crippen MR) is 78.3 cm³/mol. The van der Waals surface area contributed by atoms with Crippen LogP contribution < -0.4 is 14.8 Å². The lowest BCUT2D eigenvalue weighted by molar-refractivity contribution is 0.0833. The number of ether oxygens (including phenoxy) is 2. The topological polar surface area (TPSA) is 30.5 Å². The zero-order valence-electron chi connectivity index (χ0n) is 11.1. The highest BCUT2D eigenvalue weighted by Crippen LogP contribution is 2.39. The van der Waals surface area contributed by atoms with Crippen molar-refractivity contribution in [3.63, 3.8) is 0 Å². The van der Waals surface area contributed by atoms with Crippen molar-refractivity contribution in [1.82, 2.24) is 5.32 Å². The van der Waals surface area contributed by atoms with Crippen molar-refractivity contribution in [2.75, 3.05) is 6.54 Å². The fraction of sp³-hybridized carbons (Fsp3) is 0.500. The summed E-state index contributed by atoms with van der Waals surface area (Å²) in [4.78, 5) is 0. The van der Waals surface area contributed by atoms with Crippen LogP contribution in [0.25, 0.3) is 0 Å². The molecule has 1 aromatic rings. The molecule has 7 heteroatoms. The maximum absolute atomic E-state index is 6.19. The molecule has 0 saturated carbocycles. The molecule has 1 atom stereocenters. The number of hydrogen-bond donors (Lipinski definition) is 1. The third kappa shape index (κ3) is 2.81. The van der Waals surface area contributed by atoms with E-state index in [9.17, 15) is 0 Å². The van der Waals surface area contributed by atoms with Gasteiger partial charge in [0.25, 0.3) is 0 Å². The average Bonchev–Trinajstić information content (AvgIpc) is 2.61. The molecule has 0 bridgehead atoms. The fourth-order valence-corrected chi connectivity index (χ4v) is 2.03. The van der Waals surface area contributed by atoms with Crippen molar-refractivity contribution < 1.29 is 9.47 Å². The van der Waals surface area contributed by atoms with Crippen molar-refractivity contribution in [2.45, 2.75) is 30.7 Å². The van der Waals surface area contributed by atoms with Crippen LogP contribution in [0, 0.1) is 0 Å². The summed E-state index contributed by atoms with van der Waals surface area (Å²) in [6.07, 6.45) is 0. The van der Waals surface area contributed by atoms with Crippen LogP contribution >= 0.6 is 0 Å². The zero-order valence-corrected chi connectivity index (χ0v) is 11.1. The van der Waals surface area contributed by atoms with Crippen molar-refractivity contribution in [1.29, 1.82) is 0 Å². The summed E-state index contributed by atoms with van der Waals surface area (Å²) in [6.45, 7) is 4.68. The first kappa shape index (κ1) is 14.4. The Morgan fingerprint density at radius 1 is 1.26 bits per heavy atom. The summed E-state index contributed by atoms with van der Waals surface area (Å²) in [5.41, 5.74) is -0.930. The lowest BCUT2D eigenvalue weighted by Gasteiger charge is -2.34. The predicted octanol–water partition coefficient (Wildman–Crippen LogP) is -0.106. The van der Waals surface area contributed by atoms with E-state index in [1.165, 1.54) is 0 Å². The molecule has 0 aromatic heterocycles. The molecule has 8 radical (unpaired) electrons. The first-order valence-corrected chi connectivity index (χ1v) is 6.17. The minimum atomic E-state index is -1.64. The molecule has 3 nitrogen and oxygen atoms in total. The molecule has 19 heavy (non-hydrogen) atoms. The number of likely N-dealkylation sites (N-methyl/N-ethyl adjacent to an activating group) is 1. The zero-order chi connectivity index (χ0) is 14.3. The van der Waals surface area contributed by atoms with E-state index < -0.39 is 10.8 Å². The van der Waals surface area contributed by atoms with Crippen molar-refractivity contribution in [3.8, 4) is 11.5 Å². The van der Waals surface area contributed by atoms with E-state index in [1.807, 2.05) is 13.8 Å². The minimum absolute atomic E-state index is 0.113. The minimum Gasteiger partial charge on any atom is -0.468 e. The summed E-state index contributed by atoms with van der Waals surface area (Å²) in [5, 5.41) is 2.16. The van der Waals surface area contributed by atoms with Gasteiger partial charge in [-0.15, -0.1) is 0 Å². The van der Waals surface area contributed by atoms with Gasteiger partial charge >= 0.3 is 0 Å². The van der Waals surface area contributed by atoms with Gasteiger partial charge in [0.05, 0.1) is 15.7 Å². The molecule has 1 aliphatic heterocycles. The Kier molecular flexibility index (Phi) is 3.69. The molecule has 1 aromatic carbocycles. The fourth-order valence-electron chi connectivity index (χ4n) is 2.03. The van der Waals surface area contributed by atoms with E-state index in [4.69, 9.17) is 40.9 Å². The normalized spacial score (nSPS) is 18.2. The molecule has 0 unspecified atom stereocenters. The van der Waals surface area contributed by atoms with Gasteiger partial charge in [-0.2, -0.15) is 0 Å². The number of rotatable bonds is 4. The second kappa shape index (κ2) is 4.86. The Morgan fingerprint density at radius 2 is 1.89 bits per heavy atom. The SMILES string of the molecule is [B]C1([B])Oc2ccc(C([B])([B])[C@@H](C)NCC)cc2O1. The quantitative estimate of drug-likeness (QED) is 0.752. The van der Waals surface area contributed by atoms with Crippen LogP contribution in [-0.2, 0) is 5.21 Å². The van der Waals surface area contributed by atoms with Gasteiger partial charge in [-0.3, -0.25) is 0 Å². The van der Waals surface area contributed by atoms with Crippen molar-refractivity contribution >= 4 is 31.4 Å². The molecule has 1 heterocycles. The lowest BCUT2D eigenvalue weighted by Crippen LogP contribution is -2.47. The van der Waals surface area contributed by atoms with Gasteiger partial charge in [0, 0.05) is 0 Å². The second-order valence-electron chi connectivity index (χ2n) is 4.80. The summed E-state index contributed by atoms with van der Waals surface area (Å²) in [5.74, 6) is 0.909. The third-order valence-corrected chi connectivity index (χ3v) is 3.21. The molecule has 0 aliphatic carbocycles. The Balaban J connectivity index is 2.29. The van der Waals surface area contributed by atoms with Crippen LogP contribution in [0.1, 0.15) is 19.4 Å². The van der Waals surface area contributed by atoms with E-state index >= 15 is 0 Å². The molecular weight excluding hydrogens is 233 g/mol. The molecule has 1 aliphatic rings. The molecule has 2 rings (SSSR count). The van der Waals surface area contributed by atoms with Crippen LogP contribution in [-0.4, -0.2) is 49.6 Å². The van der Waals surface area contributed by atoms with Crippen molar-refractivity contribution in [3.05, 3.63) is 23.8 Å². The van der Waals surface area contributed by atoms with Crippen molar-refractivity contribution in [2.24, 2.45) is 0 Å². The molecule has 0 spiro atoms. The maximum atomic E-state index is 6.19. The first-order valence-electron chi connectivity index (χ1n) is 6.17. The second-order valence-corrected chi connectivity index (χ2v) is 4.80. The van der Waals surface area contributed by atoms with Crippen LogP contribution in [0.15, 0.2) is 18.2 Å². The van der Waals surface area contributed by atoms with Gasteiger partial charge in [-0.05, 0) is 24.7 Å². The number of hydrogen-bond acceptors (Lipinski definition) is 3. The molecule has 0 saturated heterocycles. The van der Waals surface area contributed by atoms with Gasteiger partial charge in [0.1, 0.15) is 0 Å². The molecule has 0 fully saturated rings. The smallest absolute Gasteiger partial charge is 0.175 e. The Hall–Kier alpha value is -0.960. The van der Waals surface area contributed by atoms with Gasteiger partial charge in [-0.25, -0.2) is 0 Å². The summed E-state index contributed by atoms with van der Waals surface area (Å²) in [6, 6.07) is 5.06. The average molecular weight is 246 g/mol. The molecule has 1 N–H and O–H groups in total. The van der Waals surface area contributed by atoms with Gasteiger partial charge in [0.2, 0.25) is 0 Å². The van der Waals surface area contributed by atoms with Crippen LogP contribution in [0.5, 0.6) is 11.5 Å². The van der Waals surface area contributed by atoms with E-state index in [-0.39, 0.29) is 6.04 Å². The number of nitrogens with one attached hydrogen (secondary N) is 1. The Bertz CT molecular complexity index is 479. The highest BCUT2D eigenvalue weighted by Gasteiger charge is 2.33. The highest BCUT2D eigenvalue weighted by atomic mass is 16.7. The largest absolute Gasteiger partial charge is 0.468 e. The summed E-state index contributed by atoms with van der Waals surface area (Å²) in [7, 11) is 23.5. The molecule has 90 valence electrons. The Morgan fingerprint density at radius 3 is 2.53 bits per heavy atom. The molecular formula is C12H13B4NO2. The summed E-state index contributed by atoms with van der Waals surface area (Å²) >= 11 is 0. The standard InChI is InChI=1S/C12H13B4NO2/c1-3-17-7(2)11(13,14)8-4-5-9-10(6-8)19-12(15,16)18-9/h4-7,17H,3H2,1-2H3/t7-/m1/s1. The van der Waals surface area contributed by atoms with Crippen LogP contribution in [0.2, 0.25) is 0 Å². The van der Waals surface area contributed by atoms with Crippen LogP contribution in [0.3, 0.4) is 0 Å². The highest BCUT2D eigenvalue weighted by molar-refractivity contribution is 6.41. The maximum Gasteiger partial charge on any atom is 0.175 e. The Labute approximate surface area is 119 Å². The van der Waals surface area contributed by atoms with E-state index in [0.717, 1.165) is 6.54 Å².